The predicted octanol–water partition coefficient (Wildman–Crippen LogP) is 2.22. The third-order valence-corrected chi connectivity index (χ3v) is 2.47. The molecule has 0 aliphatic carbocycles. The van der Waals surface area contributed by atoms with Gasteiger partial charge in [-0.15, -0.1) is 0 Å². The maximum atomic E-state index is 5.77. The summed E-state index contributed by atoms with van der Waals surface area (Å²) in [5.74, 6) is 1.56. The lowest BCUT2D eigenvalue weighted by molar-refractivity contribution is 0.0991. The first-order chi connectivity index (χ1) is 8.83. The van der Waals surface area contributed by atoms with Gasteiger partial charge in [0.05, 0.1) is 13.7 Å². The van der Waals surface area contributed by atoms with E-state index in [1.54, 1.807) is 7.11 Å². The number of para-hydroxylation sites is 1. The molecule has 0 saturated carbocycles. The number of ether oxygens (including phenoxy) is 3. The minimum absolute atomic E-state index is 0.539. The van der Waals surface area contributed by atoms with Crippen LogP contribution in [0.3, 0.4) is 0 Å². The van der Waals surface area contributed by atoms with Crippen molar-refractivity contribution >= 4 is 0 Å². The number of hydrogen-bond acceptors (Lipinski definition) is 4. The van der Waals surface area contributed by atoms with E-state index in [0.717, 1.165) is 36.6 Å². The Morgan fingerprint density at radius 2 is 2.00 bits per heavy atom. The number of nitrogens with one attached hydrogen (secondary N) is 1. The normalized spacial score (nSPS) is 10.4. The van der Waals surface area contributed by atoms with E-state index >= 15 is 0 Å². The van der Waals surface area contributed by atoms with Crippen LogP contribution in [0, 0.1) is 0 Å². The van der Waals surface area contributed by atoms with E-state index in [1.165, 1.54) is 0 Å². The minimum Gasteiger partial charge on any atom is -0.493 e. The molecule has 0 unspecified atom stereocenters. The zero-order valence-corrected chi connectivity index (χ0v) is 11.5. The summed E-state index contributed by atoms with van der Waals surface area (Å²) in [7, 11) is 3.56. The number of methoxy groups -OCH3 is 1. The first kappa shape index (κ1) is 14.8. The third kappa shape index (κ3) is 4.55. The Hall–Kier alpha value is -1.26. The molecule has 0 spiro atoms. The molecule has 0 aliphatic heterocycles. The van der Waals surface area contributed by atoms with Gasteiger partial charge in [0.25, 0.3) is 0 Å². The van der Waals surface area contributed by atoms with Crippen molar-refractivity contribution in [3.05, 3.63) is 23.8 Å². The Morgan fingerprint density at radius 1 is 1.17 bits per heavy atom. The predicted molar refractivity (Wildman–Crippen MR) is 72.4 cm³/mol. The zero-order chi connectivity index (χ0) is 13.2. The molecule has 1 N–H and O–H groups in total. The van der Waals surface area contributed by atoms with Gasteiger partial charge in [0, 0.05) is 18.7 Å². The minimum atomic E-state index is 0.539. The Labute approximate surface area is 109 Å². The molecule has 0 aliphatic rings. The summed E-state index contributed by atoms with van der Waals surface area (Å²) in [6.07, 6.45) is 1.03. The number of rotatable bonds is 9. The average Bonchev–Trinajstić information content (AvgIpc) is 2.40. The average molecular weight is 253 g/mol. The van der Waals surface area contributed by atoms with E-state index in [4.69, 9.17) is 14.2 Å². The fraction of sp³-hybridized carbons (Fsp3) is 0.571. The van der Waals surface area contributed by atoms with E-state index in [2.05, 4.69) is 12.2 Å². The van der Waals surface area contributed by atoms with Crippen molar-refractivity contribution in [2.45, 2.75) is 19.9 Å². The fourth-order valence-corrected chi connectivity index (χ4v) is 1.66. The summed E-state index contributed by atoms with van der Waals surface area (Å²) in [5.41, 5.74) is 1.09. The first-order valence-electron chi connectivity index (χ1n) is 6.34. The van der Waals surface area contributed by atoms with Crippen LogP contribution in [-0.2, 0) is 11.3 Å². The van der Waals surface area contributed by atoms with Gasteiger partial charge in [-0.25, -0.2) is 0 Å². The molecule has 18 heavy (non-hydrogen) atoms. The maximum absolute atomic E-state index is 5.77. The molecule has 4 heteroatoms. The molecule has 0 heterocycles. The van der Waals surface area contributed by atoms with E-state index in [0.29, 0.717) is 13.2 Å². The Bertz CT molecular complexity index is 342. The van der Waals surface area contributed by atoms with Crippen LogP contribution in [0.2, 0.25) is 0 Å². The van der Waals surface area contributed by atoms with Crippen molar-refractivity contribution in [3.8, 4) is 11.5 Å². The fourth-order valence-electron chi connectivity index (χ4n) is 1.66. The topological polar surface area (TPSA) is 39.7 Å². The molecule has 1 aromatic carbocycles. The Morgan fingerprint density at radius 3 is 2.67 bits per heavy atom. The van der Waals surface area contributed by atoms with E-state index in [9.17, 15) is 0 Å². The molecule has 0 radical (unpaired) electrons. The smallest absolute Gasteiger partial charge is 0.165 e. The SMILES string of the molecule is CCCOCCOc1c(CNC)cccc1OC. The van der Waals surface area contributed by atoms with Crippen LogP contribution in [0.4, 0.5) is 0 Å². The highest BCUT2D eigenvalue weighted by molar-refractivity contribution is 5.46. The van der Waals surface area contributed by atoms with Crippen molar-refractivity contribution in [3.63, 3.8) is 0 Å². The second-order valence-corrected chi connectivity index (χ2v) is 3.94. The van der Waals surface area contributed by atoms with Crippen LogP contribution in [-0.4, -0.2) is 34.0 Å². The third-order valence-electron chi connectivity index (χ3n) is 2.47. The molecule has 1 aromatic rings. The summed E-state index contributed by atoms with van der Waals surface area (Å²) in [6, 6.07) is 5.90. The van der Waals surface area contributed by atoms with Gasteiger partial charge in [0.1, 0.15) is 6.61 Å². The van der Waals surface area contributed by atoms with Gasteiger partial charge < -0.3 is 19.5 Å². The highest BCUT2D eigenvalue weighted by Crippen LogP contribution is 2.30. The largest absolute Gasteiger partial charge is 0.493 e. The van der Waals surface area contributed by atoms with Crippen molar-refractivity contribution in [1.29, 1.82) is 0 Å². The van der Waals surface area contributed by atoms with Crippen LogP contribution >= 0.6 is 0 Å². The van der Waals surface area contributed by atoms with Crippen molar-refractivity contribution < 1.29 is 14.2 Å². The second-order valence-electron chi connectivity index (χ2n) is 3.94. The molecular formula is C14H23NO3. The van der Waals surface area contributed by atoms with Crippen molar-refractivity contribution in [1.82, 2.24) is 5.32 Å². The number of hydrogen-bond donors (Lipinski definition) is 1. The second kappa shape index (κ2) is 8.78. The van der Waals surface area contributed by atoms with Crippen LogP contribution < -0.4 is 14.8 Å². The van der Waals surface area contributed by atoms with Gasteiger partial charge in [0.2, 0.25) is 0 Å². The van der Waals surface area contributed by atoms with Gasteiger partial charge in [-0.1, -0.05) is 19.1 Å². The molecule has 102 valence electrons. The number of benzene rings is 1. The van der Waals surface area contributed by atoms with E-state index in [-0.39, 0.29) is 0 Å². The van der Waals surface area contributed by atoms with Gasteiger partial charge in [-0.05, 0) is 19.5 Å². The van der Waals surface area contributed by atoms with Gasteiger partial charge >= 0.3 is 0 Å². The van der Waals surface area contributed by atoms with Gasteiger partial charge in [0.15, 0.2) is 11.5 Å². The molecule has 0 fully saturated rings. The molecule has 0 atom stereocenters. The highest BCUT2D eigenvalue weighted by Gasteiger charge is 2.09. The zero-order valence-electron chi connectivity index (χ0n) is 11.5. The van der Waals surface area contributed by atoms with Crippen molar-refractivity contribution in [2.24, 2.45) is 0 Å². The standard InChI is InChI=1S/C14H23NO3/c1-4-8-17-9-10-18-14-12(11-15-2)6-5-7-13(14)16-3/h5-7,15H,4,8-11H2,1-3H3. The van der Waals surface area contributed by atoms with Gasteiger partial charge in [-0.3, -0.25) is 0 Å². The van der Waals surface area contributed by atoms with Crippen LogP contribution in [0.25, 0.3) is 0 Å². The first-order valence-corrected chi connectivity index (χ1v) is 6.34. The van der Waals surface area contributed by atoms with Crippen LogP contribution in [0.1, 0.15) is 18.9 Å². The van der Waals surface area contributed by atoms with Crippen molar-refractivity contribution in [2.75, 3.05) is 34.0 Å². The monoisotopic (exact) mass is 253 g/mol. The summed E-state index contributed by atoms with van der Waals surface area (Å²) < 4.78 is 16.5. The van der Waals surface area contributed by atoms with Gasteiger partial charge in [-0.2, -0.15) is 0 Å². The summed E-state index contributed by atoms with van der Waals surface area (Å²) in [4.78, 5) is 0. The molecular weight excluding hydrogens is 230 g/mol. The van der Waals surface area contributed by atoms with Crippen LogP contribution in [0.15, 0.2) is 18.2 Å². The molecule has 1 rings (SSSR count). The molecule has 0 saturated heterocycles. The summed E-state index contributed by atoms with van der Waals surface area (Å²) >= 11 is 0. The summed E-state index contributed by atoms with van der Waals surface area (Å²) in [5, 5.41) is 3.12. The van der Waals surface area contributed by atoms with Crippen LogP contribution in [0.5, 0.6) is 11.5 Å². The molecule has 0 amide bonds. The Kier molecular flexibility index (Phi) is 7.22. The lowest BCUT2D eigenvalue weighted by atomic mass is 10.2. The Balaban J connectivity index is 2.60. The highest BCUT2D eigenvalue weighted by atomic mass is 16.5. The molecule has 4 nitrogen and oxygen atoms in total. The maximum Gasteiger partial charge on any atom is 0.165 e. The summed E-state index contributed by atoms with van der Waals surface area (Å²) in [6.45, 7) is 4.76. The lowest BCUT2D eigenvalue weighted by Crippen LogP contribution is -2.12. The quantitative estimate of drug-likeness (QED) is 0.685. The molecule has 0 bridgehead atoms. The molecule has 0 aromatic heterocycles. The van der Waals surface area contributed by atoms with E-state index < -0.39 is 0 Å². The lowest BCUT2D eigenvalue weighted by Gasteiger charge is -2.15. The van der Waals surface area contributed by atoms with E-state index in [1.807, 2.05) is 25.2 Å².